The fraction of sp³-hybridized carbons (Fsp3) is 0.538. The Morgan fingerprint density at radius 1 is 1.42 bits per heavy atom. The maximum absolute atomic E-state index is 12.7. The number of hydrogen-bond donors (Lipinski definition) is 1. The van der Waals surface area contributed by atoms with Gasteiger partial charge in [-0.15, -0.1) is 0 Å². The molecule has 1 aromatic rings. The van der Waals surface area contributed by atoms with Crippen molar-refractivity contribution in [2.45, 2.75) is 37.1 Å². The van der Waals surface area contributed by atoms with Crippen LogP contribution in [-0.4, -0.2) is 31.9 Å². The van der Waals surface area contributed by atoms with Gasteiger partial charge in [0.25, 0.3) is 0 Å². The second kappa shape index (κ2) is 5.79. The van der Waals surface area contributed by atoms with Crippen LogP contribution < -0.4 is 5.73 Å². The number of halogens is 1. The highest BCUT2D eigenvalue weighted by atomic mass is 35.5. The molecular weight excluding hydrogens is 284 g/mol. The average Bonchev–Trinajstić information content (AvgIpc) is 2.41. The largest absolute Gasteiger partial charge is 0.329 e. The van der Waals surface area contributed by atoms with Crippen molar-refractivity contribution < 1.29 is 8.42 Å². The Morgan fingerprint density at radius 2 is 2.16 bits per heavy atom. The highest BCUT2D eigenvalue weighted by Crippen LogP contribution is 2.29. The predicted octanol–water partition coefficient (Wildman–Crippen LogP) is 2.15. The van der Waals surface area contributed by atoms with Gasteiger partial charge in [-0.25, -0.2) is 8.42 Å². The van der Waals surface area contributed by atoms with Crippen LogP contribution in [0.15, 0.2) is 23.1 Å². The van der Waals surface area contributed by atoms with Gasteiger partial charge in [-0.05, 0) is 37.5 Å². The van der Waals surface area contributed by atoms with Crippen molar-refractivity contribution in [2.24, 2.45) is 5.73 Å². The summed E-state index contributed by atoms with van der Waals surface area (Å²) in [5, 5.41) is 0.270. The minimum Gasteiger partial charge on any atom is -0.329 e. The first-order chi connectivity index (χ1) is 8.96. The van der Waals surface area contributed by atoms with Crippen molar-refractivity contribution in [1.29, 1.82) is 0 Å². The number of hydrogen-bond acceptors (Lipinski definition) is 3. The lowest BCUT2D eigenvalue weighted by molar-refractivity contribution is 0.257. The molecule has 6 heteroatoms. The molecule has 106 valence electrons. The second-order valence-corrected chi connectivity index (χ2v) is 7.20. The highest BCUT2D eigenvalue weighted by Gasteiger charge is 2.33. The van der Waals surface area contributed by atoms with Gasteiger partial charge in [0, 0.05) is 19.1 Å². The van der Waals surface area contributed by atoms with Crippen LogP contribution in [0.1, 0.15) is 24.8 Å². The summed E-state index contributed by atoms with van der Waals surface area (Å²) in [6, 6.07) is 4.94. The molecule has 0 bridgehead atoms. The van der Waals surface area contributed by atoms with E-state index in [1.807, 2.05) is 6.92 Å². The smallest absolute Gasteiger partial charge is 0.244 e. The zero-order valence-corrected chi connectivity index (χ0v) is 12.5. The lowest BCUT2D eigenvalue weighted by atomic mass is 10.1. The van der Waals surface area contributed by atoms with Crippen LogP contribution in [0.4, 0.5) is 0 Å². The molecular formula is C13H19ClN2O2S. The molecule has 4 nitrogen and oxygen atoms in total. The molecule has 0 aromatic heterocycles. The van der Waals surface area contributed by atoms with E-state index in [0.717, 1.165) is 24.8 Å². The fourth-order valence-corrected chi connectivity index (χ4v) is 4.73. The van der Waals surface area contributed by atoms with E-state index in [2.05, 4.69) is 0 Å². The van der Waals surface area contributed by atoms with Gasteiger partial charge in [0.15, 0.2) is 0 Å². The van der Waals surface area contributed by atoms with E-state index < -0.39 is 10.0 Å². The molecule has 1 aliphatic rings. The second-order valence-electron chi connectivity index (χ2n) is 4.93. The van der Waals surface area contributed by atoms with Gasteiger partial charge in [0.2, 0.25) is 10.0 Å². The first kappa shape index (κ1) is 14.8. The molecule has 1 heterocycles. The number of sulfonamides is 1. The van der Waals surface area contributed by atoms with Crippen molar-refractivity contribution in [1.82, 2.24) is 4.31 Å². The third-order valence-electron chi connectivity index (χ3n) is 3.52. The molecule has 1 unspecified atom stereocenters. The fourth-order valence-electron chi connectivity index (χ4n) is 2.46. The molecule has 2 rings (SSSR count). The van der Waals surface area contributed by atoms with Gasteiger partial charge >= 0.3 is 0 Å². The lowest BCUT2D eigenvalue weighted by Crippen LogP contribution is -2.47. The Morgan fingerprint density at radius 3 is 2.84 bits per heavy atom. The Labute approximate surface area is 119 Å². The van der Waals surface area contributed by atoms with Crippen molar-refractivity contribution in [3.8, 4) is 0 Å². The van der Waals surface area contributed by atoms with Crippen LogP contribution in [0.3, 0.4) is 0 Å². The standard InChI is InChI=1S/C13H19ClN2O2S/c1-10-5-6-12(14)13(8-10)19(17,18)16-7-3-2-4-11(16)9-15/h5-6,8,11H,2-4,7,9,15H2,1H3. The van der Waals surface area contributed by atoms with Crippen molar-refractivity contribution >= 4 is 21.6 Å². The molecule has 1 aromatic carbocycles. The first-order valence-electron chi connectivity index (χ1n) is 6.45. The van der Waals surface area contributed by atoms with Gasteiger partial charge in [-0.2, -0.15) is 4.31 Å². The van der Waals surface area contributed by atoms with E-state index in [0.29, 0.717) is 13.1 Å². The molecule has 1 saturated heterocycles. The lowest BCUT2D eigenvalue weighted by Gasteiger charge is -2.34. The van der Waals surface area contributed by atoms with E-state index >= 15 is 0 Å². The minimum absolute atomic E-state index is 0.115. The first-order valence-corrected chi connectivity index (χ1v) is 8.26. The van der Waals surface area contributed by atoms with E-state index in [-0.39, 0.29) is 16.0 Å². The molecule has 19 heavy (non-hydrogen) atoms. The van der Waals surface area contributed by atoms with Gasteiger partial charge in [0.1, 0.15) is 4.90 Å². The molecule has 0 saturated carbocycles. The average molecular weight is 303 g/mol. The molecule has 0 radical (unpaired) electrons. The van der Waals surface area contributed by atoms with Crippen LogP contribution in [0.25, 0.3) is 0 Å². The van der Waals surface area contributed by atoms with Crippen LogP contribution >= 0.6 is 11.6 Å². The van der Waals surface area contributed by atoms with Gasteiger partial charge in [0.05, 0.1) is 5.02 Å². The van der Waals surface area contributed by atoms with Crippen molar-refractivity contribution in [2.75, 3.05) is 13.1 Å². The van der Waals surface area contributed by atoms with Crippen LogP contribution in [0.2, 0.25) is 5.02 Å². The van der Waals surface area contributed by atoms with Crippen molar-refractivity contribution in [3.63, 3.8) is 0 Å². The molecule has 2 N–H and O–H groups in total. The normalized spacial score (nSPS) is 21.5. The Hall–Kier alpha value is -0.620. The van der Waals surface area contributed by atoms with Crippen LogP contribution in [0.5, 0.6) is 0 Å². The van der Waals surface area contributed by atoms with Gasteiger partial charge in [-0.3, -0.25) is 0 Å². The molecule has 1 atom stereocenters. The highest BCUT2D eigenvalue weighted by molar-refractivity contribution is 7.89. The maximum Gasteiger partial charge on any atom is 0.244 e. The molecule has 0 aliphatic carbocycles. The summed E-state index contributed by atoms with van der Waals surface area (Å²) in [7, 11) is -3.56. The predicted molar refractivity (Wildman–Crippen MR) is 76.8 cm³/mol. The number of benzene rings is 1. The molecule has 1 fully saturated rings. The third kappa shape index (κ3) is 2.94. The molecule has 1 aliphatic heterocycles. The topological polar surface area (TPSA) is 63.4 Å². The van der Waals surface area contributed by atoms with Gasteiger partial charge in [-0.1, -0.05) is 24.1 Å². The summed E-state index contributed by atoms with van der Waals surface area (Å²) in [6.45, 7) is 2.73. The third-order valence-corrected chi connectivity index (χ3v) is 5.95. The molecule has 0 spiro atoms. The quantitative estimate of drug-likeness (QED) is 0.930. The summed E-state index contributed by atoms with van der Waals surface area (Å²) in [5.74, 6) is 0. The Bertz CT molecular complexity index is 560. The van der Waals surface area contributed by atoms with E-state index in [1.54, 1.807) is 18.2 Å². The number of nitrogens with two attached hydrogens (primary N) is 1. The SMILES string of the molecule is Cc1ccc(Cl)c(S(=O)(=O)N2CCCCC2CN)c1. The maximum atomic E-state index is 12.7. The number of nitrogens with zero attached hydrogens (tertiary/aromatic N) is 1. The summed E-state index contributed by atoms with van der Waals surface area (Å²) in [5.41, 5.74) is 6.58. The summed E-state index contributed by atoms with van der Waals surface area (Å²) in [4.78, 5) is 0.189. The zero-order valence-electron chi connectivity index (χ0n) is 11.0. The van der Waals surface area contributed by atoms with E-state index in [1.165, 1.54) is 4.31 Å². The van der Waals surface area contributed by atoms with Gasteiger partial charge < -0.3 is 5.73 Å². The number of aryl methyl sites for hydroxylation is 1. The summed E-state index contributed by atoms with van der Waals surface area (Å²) < 4.78 is 26.9. The Kier molecular flexibility index (Phi) is 4.50. The van der Waals surface area contributed by atoms with Crippen LogP contribution in [0, 0.1) is 6.92 Å². The number of rotatable bonds is 3. The van der Waals surface area contributed by atoms with E-state index in [9.17, 15) is 8.42 Å². The summed E-state index contributed by atoms with van der Waals surface area (Å²) in [6.07, 6.45) is 2.72. The van der Waals surface area contributed by atoms with Crippen molar-refractivity contribution in [3.05, 3.63) is 28.8 Å². The monoisotopic (exact) mass is 302 g/mol. The number of piperidine rings is 1. The Balaban J connectivity index is 2.43. The van der Waals surface area contributed by atoms with E-state index in [4.69, 9.17) is 17.3 Å². The van der Waals surface area contributed by atoms with Crippen LogP contribution in [-0.2, 0) is 10.0 Å². The minimum atomic E-state index is -3.56. The summed E-state index contributed by atoms with van der Waals surface area (Å²) >= 11 is 6.05. The zero-order chi connectivity index (χ0) is 14.0. The molecule has 0 amide bonds.